The first-order valence-corrected chi connectivity index (χ1v) is 14.9. The molecular weight excluding hydrogens is 536 g/mol. The summed E-state index contributed by atoms with van der Waals surface area (Å²) in [5.41, 5.74) is 4.77. The van der Waals surface area contributed by atoms with Crippen LogP contribution in [0.1, 0.15) is 78.1 Å². The molecule has 42 heavy (non-hydrogen) atoms. The van der Waals surface area contributed by atoms with Crippen LogP contribution in [0.25, 0.3) is 0 Å². The van der Waals surface area contributed by atoms with Gasteiger partial charge < -0.3 is 29.7 Å². The van der Waals surface area contributed by atoms with Crippen molar-refractivity contribution >= 4 is 5.91 Å². The van der Waals surface area contributed by atoms with E-state index in [0.717, 1.165) is 47.1 Å². The Hall–Kier alpha value is -3.68. The molecule has 3 N–H and O–H groups in total. The van der Waals surface area contributed by atoms with E-state index >= 15 is 0 Å². The number of aromatic hydroxyl groups is 2. The Balaban J connectivity index is 1.51. The molecule has 4 aliphatic heterocycles. The van der Waals surface area contributed by atoms with Gasteiger partial charge in [0.25, 0.3) is 0 Å². The number of carbonyl (C=O) groups excluding carboxylic acids is 1. The average Bonchev–Trinajstić information content (AvgIpc) is 3.45. The summed E-state index contributed by atoms with van der Waals surface area (Å²) in [6.07, 6.45) is 4.27. The number of aryl methyl sites for hydroxylation is 1. The molecule has 1 fully saturated rings. The maximum atomic E-state index is 12.9. The molecule has 10 heteroatoms. The van der Waals surface area contributed by atoms with E-state index in [2.05, 4.69) is 34.2 Å². The number of nitrogens with one attached hydrogen (secondary N) is 1. The number of carbonyl (C=O) groups is 1. The predicted molar refractivity (Wildman–Crippen MR) is 155 cm³/mol. The van der Waals surface area contributed by atoms with Crippen LogP contribution in [0.2, 0.25) is 0 Å². The molecule has 2 aromatic carbocycles. The van der Waals surface area contributed by atoms with Crippen LogP contribution >= 0.6 is 0 Å². The number of hydrogen-bond acceptors (Lipinski definition) is 9. The van der Waals surface area contributed by atoms with Crippen molar-refractivity contribution in [3.8, 4) is 34.8 Å². The van der Waals surface area contributed by atoms with Crippen LogP contribution in [-0.2, 0) is 17.6 Å². The maximum absolute atomic E-state index is 12.9. The second-order valence-electron chi connectivity index (χ2n) is 12.0. The number of rotatable bonds is 7. The number of nitriles is 1. The Morgan fingerprint density at radius 2 is 1.90 bits per heavy atom. The topological polar surface area (TPSA) is 128 Å². The number of phenols is 2. The molecule has 2 bridgehead atoms. The lowest BCUT2D eigenvalue weighted by atomic mass is 9.71. The number of unbranched alkanes of at least 4 members (excludes halogenated alkanes) is 2. The fraction of sp³-hybridized carbons (Fsp3) is 0.562. The summed E-state index contributed by atoms with van der Waals surface area (Å²) in [6.45, 7) is 6.14. The molecule has 10 nitrogen and oxygen atoms in total. The van der Waals surface area contributed by atoms with E-state index in [9.17, 15) is 20.3 Å². The zero-order valence-corrected chi connectivity index (χ0v) is 25.0. The number of amides is 1. The van der Waals surface area contributed by atoms with Crippen molar-refractivity contribution in [1.82, 2.24) is 15.1 Å². The number of hydrogen-bond donors (Lipinski definition) is 3. The van der Waals surface area contributed by atoms with E-state index in [4.69, 9.17) is 14.2 Å². The van der Waals surface area contributed by atoms with Crippen molar-refractivity contribution < 1.29 is 29.2 Å². The molecule has 2 aromatic rings. The van der Waals surface area contributed by atoms with Crippen LogP contribution < -0.4 is 19.5 Å². The summed E-state index contributed by atoms with van der Waals surface area (Å²) in [5, 5.41) is 36.9. The quantitative estimate of drug-likeness (QED) is 0.420. The first-order chi connectivity index (χ1) is 20.2. The lowest BCUT2D eigenvalue weighted by Gasteiger charge is -2.60. The third-order valence-electron chi connectivity index (χ3n) is 9.79. The summed E-state index contributed by atoms with van der Waals surface area (Å²) in [5.74, 6) is 1.76. The van der Waals surface area contributed by atoms with E-state index in [1.807, 2.05) is 20.9 Å². The van der Waals surface area contributed by atoms with E-state index < -0.39 is 12.1 Å². The molecular formula is C32H40N4O6. The van der Waals surface area contributed by atoms with Gasteiger partial charge in [-0.05, 0) is 51.3 Å². The van der Waals surface area contributed by atoms with Gasteiger partial charge in [0.15, 0.2) is 23.0 Å². The number of benzene rings is 2. The third kappa shape index (κ3) is 4.16. The summed E-state index contributed by atoms with van der Waals surface area (Å²) >= 11 is 0. The maximum Gasteiger partial charge on any atom is 0.231 e. The highest BCUT2D eigenvalue weighted by molar-refractivity contribution is 5.76. The minimum absolute atomic E-state index is 0.0386. The van der Waals surface area contributed by atoms with Crippen LogP contribution in [-0.4, -0.2) is 71.5 Å². The van der Waals surface area contributed by atoms with Crippen LogP contribution in [0.4, 0.5) is 0 Å². The minimum atomic E-state index is -0.509. The number of phenolic OH excluding ortho intramolecular Hbond substituents is 2. The van der Waals surface area contributed by atoms with Gasteiger partial charge in [-0.1, -0.05) is 25.8 Å². The molecule has 4 aliphatic rings. The Kier molecular flexibility index (Phi) is 7.36. The highest BCUT2D eigenvalue weighted by Crippen LogP contribution is 2.58. The molecule has 0 spiro atoms. The molecule has 0 saturated carbocycles. The van der Waals surface area contributed by atoms with Crippen LogP contribution in [0, 0.1) is 25.2 Å². The van der Waals surface area contributed by atoms with Crippen LogP contribution in [0.5, 0.6) is 28.7 Å². The zero-order valence-electron chi connectivity index (χ0n) is 25.0. The summed E-state index contributed by atoms with van der Waals surface area (Å²) in [7, 11) is 3.57. The summed E-state index contributed by atoms with van der Waals surface area (Å²) in [6, 6.07) is 3.00. The SMILES string of the molecule is CCCCCC(=O)NC[C@H]1c2c(c(O)c(C)c3c2OCO3)CC2[C@H]3c4c(cc(C)c(OC)c4O)C[C@@H]([C@H](C#N)N21)N3C. The highest BCUT2D eigenvalue weighted by atomic mass is 16.7. The fourth-order valence-electron chi connectivity index (χ4n) is 7.88. The fourth-order valence-corrected chi connectivity index (χ4v) is 7.88. The van der Waals surface area contributed by atoms with Crippen molar-refractivity contribution in [2.75, 3.05) is 27.5 Å². The van der Waals surface area contributed by atoms with Crippen molar-refractivity contribution in [2.45, 2.75) is 89.5 Å². The Morgan fingerprint density at radius 3 is 2.62 bits per heavy atom. The predicted octanol–water partition coefficient (Wildman–Crippen LogP) is 3.92. The zero-order chi connectivity index (χ0) is 29.9. The van der Waals surface area contributed by atoms with Gasteiger partial charge in [-0.25, -0.2) is 0 Å². The van der Waals surface area contributed by atoms with E-state index in [1.54, 1.807) is 7.11 Å². The molecule has 224 valence electrons. The van der Waals surface area contributed by atoms with Crippen LogP contribution in [0.3, 0.4) is 0 Å². The molecule has 5 atom stereocenters. The second kappa shape index (κ2) is 10.9. The van der Waals surface area contributed by atoms with Gasteiger partial charge in [-0.2, -0.15) is 5.26 Å². The second-order valence-corrected chi connectivity index (χ2v) is 12.0. The van der Waals surface area contributed by atoms with E-state index in [1.165, 1.54) is 0 Å². The molecule has 1 amide bonds. The lowest BCUT2D eigenvalue weighted by Crippen LogP contribution is -2.68. The van der Waals surface area contributed by atoms with Gasteiger partial charge >= 0.3 is 0 Å². The molecule has 0 aliphatic carbocycles. The van der Waals surface area contributed by atoms with Gasteiger partial charge in [0.1, 0.15) is 11.8 Å². The van der Waals surface area contributed by atoms with Gasteiger partial charge in [0, 0.05) is 47.3 Å². The molecule has 6 rings (SSSR count). The minimum Gasteiger partial charge on any atom is -0.507 e. The Bertz CT molecular complexity index is 1470. The summed E-state index contributed by atoms with van der Waals surface area (Å²) in [4.78, 5) is 17.3. The summed E-state index contributed by atoms with van der Waals surface area (Å²) < 4.78 is 17.4. The Morgan fingerprint density at radius 1 is 1.14 bits per heavy atom. The van der Waals surface area contributed by atoms with Gasteiger partial charge in [0.05, 0.1) is 25.3 Å². The van der Waals surface area contributed by atoms with Crippen molar-refractivity contribution in [2.24, 2.45) is 0 Å². The normalized spacial score (nSPS) is 25.7. The number of ether oxygens (including phenoxy) is 3. The van der Waals surface area contributed by atoms with Crippen molar-refractivity contribution in [3.63, 3.8) is 0 Å². The van der Waals surface area contributed by atoms with Crippen LogP contribution in [0.15, 0.2) is 6.07 Å². The number of likely N-dealkylation sites (N-methyl/N-ethyl adjacent to an activating group) is 1. The third-order valence-corrected chi connectivity index (χ3v) is 9.79. The first-order valence-electron chi connectivity index (χ1n) is 14.9. The largest absolute Gasteiger partial charge is 0.507 e. The molecule has 4 heterocycles. The number of fused-ring (bicyclic) bond motifs is 9. The average molecular weight is 577 g/mol. The first kappa shape index (κ1) is 28.4. The smallest absolute Gasteiger partial charge is 0.231 e. The number of methoxy groups -OCH3 is 1. The number of nitrogens with zero attached hydrogens (tertiary/aromatic N) is 3. The van der Waals surface area contributed by atoms with E-state index in [0.29, 0.717) is 42.1 Å². The Labute approximate surface area is 246 Å². The number of piperazine rings is 1. The monoisotopic (exact) mass is 576 g/mol. The van der Waals surface area contributed by atoms with Gasteiger partial charge in [0.2, 0.25) is 12.7 Å². The molecule has 0 radical (unpaired) electrons. The van der Waals surface area contributed by atoms with Crippen molar-refractivity contribution in [3.05, 3.63) is 39.4 Å². The van der Waals surface area contributed by atoms with Gasteiger partial charge in [-0.15, -0.1) is 0 Å². The van der Waals surface area contributed by atoms with E-state index in [-0.39, 0.29) is 48.9 Å². The van der Waals surface area contributed by atoms with Gasteiger partial charge in [-0.3, -0.25) is 14.6 Å². The van der Waals surface area contributed by atoms with Crippen molar-refractivity contribution in [1.29, 1.82) is 5.26 Å². The standard InChI is InChI=1S/C32H40N4O6/c1-6-7-8-9-24(37)34-14-23-26-19(28(38)17(3)31-32(26)42-15-41-31)12-21-27-25-18(10-16(2)30(40-5)29(25)39)11-20(35(27)4)22(13-33)36(21)23/h10,20-23,27,38-39H,6-9,11-12,14-15H2,1-5H3,(H,34,37)/t20-,21?,22-,23-,27-/m0/s1. The highest BCUT2D eigenvalue weighted by Gasteiger charge is 2.56. The molecule has 1 saturated heterocycles. The molecule has 1 unspecified atom stereocenters. The lowest BCUT2D eigenvalue weighted by molar-refractivity contribution is -0.122. The molecule has 0 aromatic heterocycles.